The molecule has 9 heteroatoms. The number of halogens is 1. The Morgan fingerprint density at radius 1 is 1.16 bits per heavy atom. The first-order valence-corrected chi connectivity index (χ1v) is 9.52. The molecule has 128 valence electrons. The van der Waals surface area contributed by atoms with Gasteiger partial charge in [0.15, 0.2) is 5.17 Å². The monoisotopic (exact) mass is 394 g/mol. The van der Waals surface area contributed by atoms with Crippen molar-refractivity contribution >= 4 is 50.6 Å². The van der Waals surface area contributed by atoms with Crippen LogP contribution in [0.3, 0.4) is 0 Å². The van der Waals surface area contributed by atoms with Gasteiger partial charge in [-0.05, 0) is 59.8 Å². The summed E-state index contributed by atoms with van der Waals surface area (Å²) in [6, 6.07) is 12.0. The number of hydrogen-bond donors (Lipinski definition) is 1. The molecule has 2 aromatic rings. The van der Waals surface area contributed by atoms with E-state index < -0.39 is 16.0 Å². The maximum Gasteiger partial charge on any atom is 0.339 e. The van der Waals surface area contributed by atoms with Crippen LogP contribution in [0.1, 0.15) is 5.56 Å². The van der Waals surface area contributed by atoms with Gasteiger partial charge in [0.05, 0.1) is 4.91 Å². The normalized spacial score (nSPS) is 16.1. The second-order valence-electron chi connectivity index (χ2n) is 4.93. The van der Waals surface area contributed by atoms with E-state index in [2.05, 4.69) is 4.99 Å². The standard InChI is InChI=1S/C16H11ClN2O4S2/c17-11-4-6-13(7-5-11)25(21,22)23-12-3-1-2-10(8-12)9-14-15(20)19-16(18)24-14/h1-9H,(H2,18,19,20). The van der Waals surface area contributed by atoms with Crippen molar-refractivity contribution in [3.05, 3.63) is 64.0 Å². The highest BCUT2D eigenvalue weighted by molar-refractivity contribution is 8.18. The second-order valence-corrected chi connectivity index (χ2v) is 7.97. The molecule has 2 aromatic carbocycles. The molecule has 25 heavy (non-hydrogen) atoms. The topological polar surface area (TPSA) is 98.8 Å². The Bertz CT molecular complexity index is 999. The minimum Gasteiger partial charge on any atom is -0.379 e. The van der Waals surface area contributed by atoms with Gasteiger partial charge in [-0.2, -0.15) is 13.4 Å². The first-order chi connectivity index (χ1) is 11.8. The number of nitrogens with zero attached hydrogens (tertiary/aromatic N) is 1. The van der Waals surface area contributed by atoms with E-state index in [1.165, 1.54) is 36.4 Å². The number of rotatable bonds is 4. The lowest BCUT2D eigenvalue weighted by Crippen LogP contribution is -2.09. The van der Waals surface area contributed by atoms with Crippen LogP contribution in [0, 0.1) is 0 Å². The van der Waals surface area contributed by atoms with E-state index in [0.29, 0.717) is 15.5 Å². The van der Waals surface area contributed by atoms with E-state index in [1.54, 1.807) is 18.2 Å². The summed E-state index contributed by atoms with van der Waals surface area (Å²) in [6.45, 7) is 0. The maximum atomic E-state index is 12.3. The Morgan fingerprint density at radius 2 is 1.88 bits per heavy atom. The summed E-state index contributed by atoms with van der Waals surface area (Å²) in [7, 11) is -3.99. The number of aliphatic imine (C=N–C) groups is 1. The summed E-state index contributed by atoms with van der Waals surface area (Å²) in [6.07, 6.45) is 1.57. The van der Waals surface area contributed by atoms with Crippen LogP contribution < -0.4 is 9.92 Å². The first-order valence-electron chi connectivity index (χ1n) is 6.92. The molecular formula is C16H11ClN2O4S2. The number of amides is 1. The van der Waals surface area contributed by atoms with Gasteiger partial charge < -0.3 is 9.92 Å². The minimum absolute atomic E-state index is 0.0108. The fraction of sp³-hybridized carbons (Fsp3) is 0. The smallest absolute Gasteiger partial charge is 0.339 e. The molecular weight excluding hydrogens is 384 g/mol. The van der Waals surface area contributed by atoms with E-state index in [1.807, 2.05) is 0 Å². The number of nitrogens with two attached hydrogens (primary N) is 1. The molecule has 1 amide bonds. The largest absolute Gasteiger partial charge is 0.379 e. The van der Waals surface area contributed by atoms with Gasteiger partial charge >= 0.3 is 10.1 Å². The molecule has 0 saturated heterocycles. The van der Waals surface area contributed by atoms with E-state index in [-0.39, 0.29) is 15.8 Å². The Morgan fingerprint density at radius 3 is 2.52 bits per heavy atom. The van der Waals surface area contributed by atoms with Crippen molar-refractivity contribution in [3.63, 3.8) is 0 Å². The van der Waals surface area contributed by atoms with Gasteiger partial charge in [0.1, 0.15) is 10.6 Å². The average molecular weight is 395 g/mol. The fourth-order valence-electron chi connectivity index (χ4n) is 2.01. The molecule has 3 rings (SSSR count). The van der Waals surface area contributed by atoms with Crippen LogP contribution in [-0.4, -0.2) is 19.5 Å². The molecule has 0 saturated carbocycles. The zero-order chi connectivity index (χ0) is 18.0. The molecule has 1 aliphatic heterocycles. The lowest BCUT2D eigenvalue weighted by atomic mass is 10.2. The van der Waals surface area contributed by atoms with E-state index in [4.69, 9.17) is 21.5 Å². The third kappa shape index (κ3) is 4.22. The zero-order valence-corrected chi connectivity index (χ0v) is 14.9. The Balaban J connectivity index is 1.84. The van der Waals surface area contributed by atoms with Crippen molar-refractivity contribution in [3.8, 4) is 5.75 Å². The quantitative estimate of drug-likeness (QED) is 0.632. The van der Waals surface area contributed by atoms with Crippen molar-refractivity contribution in [2.45, 2.75) is 4.90 Å². The first kappa shape index (κ1) is 17.5. The van der Waals surface area contributed by atoms with Gasteiger partial charge in [0.2, 0.25) is 0 Å². The molecule has 1 aliphatic rings. The van der Waals surface area contributed by atoms with Crippen LogP contribution in [0.15, 0.2) is 63.3 Å². The van der Waals surface area contributed by atoms with Crippen molar-refractivity contribution < 1.29 is 17.4 Å². The van der Waals surface area contributed by atoms with Crippen LogP contribution in [-0.2, 0) is 14.9 Å². The Kier molecular flexibility index (Phi) is 4.85. The van der Waals surface area contributed by atoms with Crippen LogP contribution in [0.5, 0.6) is 5.75 Å². The summed E-state index contributed by atoms with van der Waals surface area (Å²) in [4.78, 5) is 15.6. The molecule has 0 atom stereocenters. The molecule has 2 N–H and O–H groups in total. The van der Waals surface area contributed by atoms with Crippen molar-refractivity contribution in [2.24, 2.45) is 10.7 Å². The third-order valence-corrected chi connectivity index (χ3v) is 5.43. The van der Waals surface area contributed by atoms with Crippen LogP contribution in [0.2, 0.25) is 5.02 Å². The number of amidine groups is 1. The molecule has 0 radical (unpaired) electrons. The molecule has 1 heterocycles. The van der Waals surface area contributed by atoms with Gasteiger partial charge in [-0.3, -0.25) is 4.79 Å². The summed E-state index contributed by atoms with van der Waals surface area (Å²) in [5.41, 5.74) is 6.08. The molecule has 0 bridgehead atoms. The number of hydrogen-bond acceptors (Lipinski definition) is 6. The summed E-state index contributed by atoms with van der Waals surface area (Å²) in [5, 5.41) is 0.599. The van der Waals surface area contributed by atoms with E-state index in [0.717, 1.165) is 11.8 Å². The molecule has 0 spiro atoms. The van der Waals surface area contributed by atoms with Gasteiger partial charge in [-0.1, -0.05) is 23.7 Å². The Hall–Kier alpha value is -2.29. The second kappa shape index (κ2) is 6.91. The zero-order valence-electron chi connectivity index (χ0n) is 12.5. The van der Waals surface area contributed by atoms with Crippen LogP contribution >= 0.6 is 23.4 Å². The minimum atomic E-state index is -3.99. The van der Waals surface area contributed by atoms with Crippen LogP contribution in [0.25, 0.3) is 6.08 Å². The SMILES string of the molecule is NC1=NC(=O)C(=Cc2cccc(OS(=O)(=O)c3ccc(Cl)cc3)c2)S1. The third-order valence-electron chi connectivity index (χ3n) is 3.10. The van der Waals surface area contributed by atoms with Crippen LogP contribution in [0.4, 0.5) is 0 Å². The highest BCUT2D eigenvalue weighted by atomic mass is 35.5. The Labute approximate surface area is 153 Å². The predicted molar refractivity (Wildman–Crippen MR) is 97.9 cm³/mol. The number of carbonyl (C=O) groups is 1. The molecule has 0 unspecified atom stereocenters. The fourth-order valence-corrected chi connectivity index (χ4v) is 3.74. The van der Waals surface area contributed by atoms with Crippen molar-refractivity contribution in [1.82, 2.24) is 0 Å². The number of benzene rings is 2. The maximum absolute atomic E-state index is 12.3. The van der Waals surface area contributed by atoms with E-state index >= 15 is 0 Å². The summed E-state index contributed by atoms with van der Waals surface area (Å²) < 4.78 is 29.7. The highest BCUT2D eigenvalue weighted by Gasteiger charge is 2.20. The van der Waals surface area contributed by atoms with E-state index in [9.17, 15) is 13.2 Å². The highest BCUT2D eigenvalue weighted by Crippen LogP contribution is 2.28. The lowest BCUT2D eigenvalue weighted by Gasteiger charge is -2.08. The number of thioether (sulfide) groups is 1. The summed E-state index contributed by atoms with van der Waals surface area (Å²) >= 11 is 6.81. The molecule has 0 aromatic heterocycles. The van der Waals surface area contributed by atoms with Gasteiger partial charge in [0.25, 0.3) is 5.91 Å². The van der Waals surface area contributed by atoms with Crippen molar-refractivity contribution in [1.29, 1.82) is 0 Å². The molecule has 0 fully saturated rings. The van der Waals surface area contributed by atoms with Gasteiger partial charge in [0, 0.05) is 5.02 Å². The molecule has 0 aliphatic carbocycles. The number of carbonyl (C=O) groups excluding carboxylic acids is 1. The lowest BCUT2D eigenvalue weighted by molar-refractivity contribution is -0.113. The van der Waals surface area contributed by atoms with Crippen molar-refractivity contribution in [2.75, 3.05) is 0 Å². The van der Waals surface area contributed by atoms with Gasteiger partial charge in [-0.15, -0.1) is 0 Å². The van der Waals surface area contributed by atoms with Gasteiger partial charge in [-0.25, -0.2) is 0 Å². The summed E-state index contributed by atoms with van der Waals surface area (Å²) in [5.74, 6) is -0.309. The average Bonchev–Trinajstić information content (AvgIpc) is 2.85. The predicted octanol–water partition coefficient (Wildman–Crippen LogP) is 3.04. The molecule has 6 nitrogen and oxygen atoms in total.